The van der Waals surface area contributed by atoms with E-state index in [4.69, 9.17) is 16.7 Å². The second-order valence-corrected chi connectivity index (χ2v) is 5.50. The highest BCUT2D eigenvalue weighted by molar-refractivity contribution is 7.09. The van der Waals surface area contributed by atoms with Crippen molar-refractivity contribution in [3.63, 3.8) is 0 Å². The minimum absolute atomic E-state index is 0.0686. The number of hydrogen-bond donors (Lipinski definition) is 2. The van der Waals surface area contributed by atoms with E-state index in [0.717, 1.165) is 17.4 Å². The van der Waals surface area contributed by atoms with Gasteiger partial charge in [-0.15, -0.1) is 11.3 Å². The zero-order valence-electron chi connectivity index (χ0n) is 10.8. The summed E-state index contributed by atoms with van der Waals surface area (Å²) >= 11 is 6.76. The first kappa shape index (κ1) is 15.4. The molecule has 1 aromatic heterocycles. The van der Waals surface area contributed by atoms with Gasteiger partial charge in [0.05, 0.1) is 11.1 Å². The van der Waals surface area contributed by atoms with Gasteiger partial charge in [-0.2, -0.15) is 0 Å². The van der Waals surface area contributed by atoms with Gasteiger partial charge in [-0.05, 0) is 25.1 Å². The number of carbonyl (C=O) groups excluding carboxylic acids is 1. The quantitative estimate of drug-likeness (QED) is 0.903. The number of carbonyl (C=O) groups is 2. The minimum atomic E-state index is -1.12. The van der Waals surface area contributed by atoms with E-state index in [1.165, 1.54) is 17.5 Å². The Morgan fingerprint density at radius 2 is 2.19 bits per heavy atom. The maximum absolute atomic E-state index is 13.0. The normalized spacial score (nSPS) is 12.0. The van der Waals surface area contributed by atoms with Gasteiger partial charge in [0.15, 0.2) is 5.69 Å². The third-order valence-corrected chi connectivity index (χ3v) is 3.96. The van der Waals surface area contributed by atoms with E-state index >= 15 is 0 Å². The second kappa shape index (κ2) is 6.19. The lowest BCUT2D eigenvalue weighted by molar-refractivity contribution is 0.0691. The number of amides is 1. The second-order valence-electron chi connectivity index (χ2n) is 4.20. The molecule has 0 bridgehead atoms. The molecule has 5 nitrogen and oxygen atoms in total. The maximum Gasteiger partial charge on any atom is 0.355 e. The third kappa shape index (κ3) is 3.56. The molecular formula is C13H10ClFN2O3S. The van der Waals surface area contributed by atoms with Gasteiger partial charge in [0.1, 0.15) is 10.8 Å². The lowest BCUT2D eigenvalue weighted by atomic mass is 10.2. The van der Waals surface area contributed by atoms with Crippen LogP contribution in [0.5, 0.6) is 0 Å². The first-order chi connectivity index (χ1) is 9.88. The highest BCUT2D eigenvalue weighted by atomic mass is 35.5. The number of nitrogens with one attached hydrogen (secondary N) is 1. The Hall–Kier alpha value is -1.99. The van der Waals surface area contributed by atoms with Crippen LogP contribution in [0.2, 0.25) is 5.02 Å². The van der Waals surface area contributed by atoms with Crippen molar-refractivity contribution < 1.29 is 19.1 Å². The number of carboxylic acids is 1. The van der Waals surface area contributed by atoms with E-state index in [9.17, 15) is 14.0 Å². The van der Waals surface area contributed by atoms with Crippen LogP contribution in [-0.4, -0.2) is 22.0 Å². The molecule has 1 atom stereocenters. The van der Waals surface area contributed by atoms with Gasteiger partial charge in [0.25, 0.3) is 5.91 Å². The predicted molar refractivity (Wildman–Crippen MR) is 76.4 cm³/mol. The molecule has 1 amide bonds. The van der Waals surface area contributed by atoms with Crippen LogP contribution in [0.3, 0.4) is 0 Å². The number of benzene rings is 1. The molecule has 0 aliphatic carbocycles. The Balaban J connectivity index is 2.10. The Bertz CT molecular complexity index is 704. The van der Waals surface area contributed by atoms with Crippen molar-refractivity contribution in [3.8, 4) is 0 Å². The first-order valence-corrected chi connectivity index (χ1v) is 7.09. The standard InChI is InChI=1S/C13H10ClFN2O3S/c1-6(12-17-10(5-21-12)13(19)20)16-11(18)7-2-3-9(15)8(14)4-7/h2-6H,1H3,(H,16,18)(H,19,20). The van der Waals surface area contributed by atoms with Crippen LogP contribution in [0.4, 0.5) is 4.39 Å². The number of hydrogen-bond acceptors (Lipinski definition) is 4. The summed E-state index contributed by atoms with van der Waals surface area (Å²) in [5.41, 5.74) is 0.143. The van der Waals surface area contributed by atoms with Gasteiger partial charge in [-0.1, -0.05) is 11.6 Å². The summed E-state index contributed by atoms with van der Waals surface area (Å²) in [6, 6.07) is 3.17. The average molecular weight is 329 g/mol. The highest BCUT2D eigenvalue weighted by Gasteiger charge is 2.17. The SMILES string of the molecule is CC(NC(=O)c1ccc(F)c(Cl)c1)c1nc(C(=O)O)cs1. The van der Waals surface area contributed by atoms with Crippen molar-refractivity contribution in [1.82, 2.24) is 10.3 Å². The van der Waals surface area contributed by atoms with E-state index in [1.54, 1.807) is 6.92 Å². The zero-order chi connectivity index (χ0) is 15.6. The molecule has 1 heterocycles. The molecule has 21 heavy (non-hydrogen) atoms. The molecule has 110 valence electrons. The smallest absolute Gasteiger partial charge is 0.355 e. The number of aromatic carboxylic acids is 1. The van der Waals surface area contributed by atoms with E-state index in [2.05, 4.69) is 10.3 Å². The number of aromatic nitrogens is 1. The van der Waals surface area contributed by atoms with E-state index in [-0.39, 0.29) is 16.3 Å². The molecule has 0 saturated carbocycles. The topological polar surface area (TPSA) is 79.3 Å². The van der Waals surface area contributed by atoms with E-state index in [0.29, 0.717) is 5.01 Å². The molecule has 1 aromatic carbocycles. The molecule has 0 radical (unpaired) electrons. The predicted octanol–water partition coefficient (Wildman–Crippen LogP) is 3.12. The molecule has 0 aliphatic heterocycles. The Labute approximate surface area is 128 Å². The summed E-state index contributed by atoms with van der Waals surface area (Å²) in [5, 5.41) is 13.2. The summed E-state index contributed by atoms with van der Waals surface area (Å²) in [5.74, 6) is -2.18. The monoisotopic (exact) mass is 328 g/mol. The van der Waals surface area contributed by atoms with Crippen LogP contribution in [0, 0.1) is 5.82 Å². The van der Waals surface area contributed by atoms with Gasteiger partial charge in [-0.3, -0.25) is 4.79 Å². The Kier molecular flexibility index (Phi) is 4.54. The van der Waals surface area contributed by atoms with E-state index < -0.39 is 23.7 Å². The fraction of sp³-hybridized carbons (Fsp3) is 0.154. The van der Waals surface area contributed by atoms with Crippen LogP contribution >= 0.6 is 22.9 Å². The molecular weight excluding hydrogens is 319 g/mol. The molecule has 0 aliphatic rings. The van der Waals surface area contributed by atoms with Gasteiger partial charge in [-0.25, -0.2) is 14.2 Å². The highest BCUT2D eigenvalue weighted by Crippen LogP contribution is 2.20. The summed E-state index contributed by atoms with van der Waals surface area (Å²) < 4.78 is 13.0. The van der Waals surface area contributed by atoms with Crippen molar-refractivity contribution >= 4 is 34.8 Å². The molecule has 2 aromatic rings. The van der Waals surface area contributed by atoms with Crippen LogP contribution in [0.25, 0.3) is 0 Å². The van der Waals surface area contributed by atoms with Crippen LogP contribution in [-0.2, 0) is 0 Å². The van der Waals surface area contributed by atoms with Crippen LogP contribution in [0.15, 0.2) is 23.6 Å². The number of thiazole rings is 1. The molecule has 8 heteroatoms. The maximum atomic E-state index is 13.0. The molecule has 2 rings (SSSR count). The first-order valence-electron chi connectivity index (χ1n) is 5.83. The van der Waals surface area contributed by atoms with Gasteiger partial charge in [0.2, 0.25) is 0 Å². The molecule has 0 spiro atoms. The van der Waals surface area contributed by atoms with Crippen LogP contribution in [0.1, 0.15) is 38.8 Å². The molecule has 0 saturated heterocycles. The van der Waals surface area contributed by atoms with Gasteiger partial charge in [0, 0.05) is 10.9 Å². The van der Waals surface area contributed by atoms with Gasteiger partial charge < -0.3 is 10.4 Å². The van der Waals surface area contributed by atoms with Crippen LogP contribution < -0.4 is 5.32 Å². The van der Waals surface area contributed by atoms with E-state index in [1.807, 2.05) is 0 Å². The molecule has 2 N–H and O–H groups in total. The lowest BCUT2D eigenvalue weighted by Gasteiger charge is -2.11. The average Bonchev–Trinajstić information content (AvgIpc) is 2.91. The van der Waals surface area contributed by atoms with Crippen molar-refractivity contribution in [3.05, 3.63) is 50.7 Å². The number of rotatable bonds is 4. The fourth-order valence-corrected chi connectivity index (χ4v) is 2.54. The molecule has 0 fully saturated rings. The number of halogens is 2. The summed E-state index contributed by atoms with van der Waals surface area (Å²) in [7, 11) is 0. The molecule has 1 unspecified atom stereocenters. The summed E-state index contributed by atoms with van der Waals surface area (Å²) in [6.45, 7) is 1.67. The Morgan fingerprint density at radius 3 is 2.76 bits per heavy atom. The largest absolute Gasteiger partial charge is 0.476 e. The summed E-state index contributed by atoms with van der Waals surface area (Å²) in [6.07, 6.45) is 0. The third-order valence-electron chi connectivity index (χ3n) is 2.64. The minimum Gasteiger partial charge on any atom is -0.476 e. The number of carboxylic acid groups (broad SMARTS) is 1. The lowest BCUT2D eigenvalue weighted by Crippen LogP contribution is -2.26. The number of nitrogens with zero attached hydrogens (tertiary/aromatic N) is 1. The van der Waals surface area contributed by atoms with Crippen molar-refractivity contribution in [1.29, 1.82) is 0 Å². The van der Waals surface area contributed by atoms with Crippen molar-refractivity contribution in [2.45, 2.75) is 13.0 Å². The van der Waals surface area contributed by atoms with Crippen molar-refractivity contribution in [2.75, 3.05) is 0 Å². The summed E-state index contributed by atoms with van der Waals surface area (Å²) in [4.78, 5) is 26.7. The van der Waals surface area contributed by atoms with Crippen molar-refractivity contribution in [2.24, 2.45) is 0 Å². The Morgan fingerprint density at radius 1 is 1.48 bits per heavy atom. The fourth-order valence-electron chi connectivity index (χ4n) is 1.56. The van der Waals surface area contributed by atoms with Gasteiger partial charge >= 0.3 is 5.97 Å². The zero-order valence-corrected chi connectivity index (χ0v) is 12.3.